The van der Waals surface area contributed by atoms with Gasteiger partial charge in [0.25, 0.3) is 0 Å². The summed E-state index contributed by atoms with van der Waals surface area (Å²) in [4.78, 5) is 9.48. The summed E-state index contributed by atoms with van der Waals surface area (Å²) >= 11 is 1.67. The second-order valence-corrected chi connectivity index (χ2v) is 7.90. The first-order valence-corrected chi connectivity index (χ1v) is 10.2. The van der Waals surface area contributed by atoms with E-state index in [1.807, 2.05) is 10.7 Å². The minimum absolute atomic E-state index is 0. The van der Waals surface area contributed by atoms with Crippen LogP contribution in [-0.4, -0.2) is 52.7 Å². The Balaban J connectivity index is 0.00000205. The molecular weight excluding hydrogens is 409 g/mol. The molecule has 3 aromatic heterocycles. The number of halogens is 2. The number of fused-ring (bicyclic) bond motifs is 1. The predicted octanol–water partition coefficient (Wildman–Crippen LogP) is 4.44. The van der Waals surface area contributed by atoms with Crippen LogP contribution in [0.5, 0.6) is 0 Å². The van der Waals surface area contributed by atoms with Crippen LogP contribution in [-0.2, 0) is 0 Å². The summed E-state index contributed by atoms with van der Waals surface area (Å²) in [5.41, 5.74) is 4.70. The van der Waals surface area contributed by atoms with Crippen molar-refractivity contribution in [1.29, 1.82) is 0 Å². The zero-order valence-corrected chi connectivity index (χ0v) is 17.6. The molecule has 1 aromatic carbocycles. The van der Waals surface area contributed by atoms with E-state index < -0.39 is 0 Å². The van der Waals surface area contributed by atoms with Crippen LogP contribution in [0.1, 0.15) is 0 Å². The summed E-state index contributed by atoms with van der Waals surface area (Å²) in [7, 11) is 2.15. The Kier molecular flexibility index (Phi) is 5.54. The first-order chi connectivity index (χ1) is 13.7. The predicted molar refractivity (Wildman–Crippen MR) is 119 cm³/mol. The van der Waals surface area contributed by atoms with E-state index >= 15 is 0 Å². The third-order valence-electron chi connectivity index (χ3n) is 5.21. The maximum atomic E-state index is 13.3. The van der Waals surface area contributed by atoms with Gasteiger partial charge in [0.1, 0.15) is 11.6 Å². The van der Waals surface area contributed by atoms with E-state index in [2.05, 4.69) is 39.7 Å². The van der Waals surface area contributed by atoms with Crippen molar-refractivity contribution in [2.24, 2.45) is 0 Å². The third-order valence-corrected chi connectivity index (χ3v) is 5.90. The highest BCUT2D eigenvalue weighted by Gasteiger charge is 2.19. The first kappa shape index (κ1) is 19.8. The van der Waals surface area contributed by atoms with Crippen LogP contribution in [0, 0.1) is 5.82 Å². The number of hydrogen-bond acceptors (Lipinski definition) is 5. The normalized spacial score (nSPS) is 14.9. The molecule has 150 valence electrons. The molecule has 0 saturated carbocycles. The van der Waals surface area contributed by atoms with Crippen molar-refractivity contribution in [3.8, 4) is 22.4 Å². The molecule has 1 aliphatic heterocycles. The van der Waals surface area contributed by atoms with Gasteiger partial charge in [0, 0.05) is 37.3 Å². The summed E-state index contributed by atoms with van der Waals surface area (Å²) in [6.45, 7) is 3.96. The van der Waals surface area contributed by atoms with Gasteiger partial charge in [0.15, 0.2) is 5.65 Å². The van der Waals surface area contributed by atoms with Crippen LogP contribution in [0.25, 0.3) is 28.0 Å². The monoisotopic (exact) mass is 429 g/mol. The summed E-state index contributed by atoms with van der Waals surface area (Å²) in [6, 6.07) is 10.7. The minimum atomic E-state index is -0.248. The van der Waals surface area contributed by atoms with Gasteiger partial charge >= 0.3 is 0 Å². The van der Waals surface area contributed by atoms with Gasteiger partial charge in [-0.25, -0.2) is 13.9 Å². The average Bonchev–Trinajstić information content (AvgIpc) is 3.38. The summed E-state index contributed by atoms with van der Waals surface area (Å²) < 4.78 is 15.2. The molecule has 1 saturated heterocycles. The maximum Gasteiger partial charge on any atom is 0.162 e. The Morgan fingerprint density at radius 3 is 2.45 bits per heavy atom. The van der Waals surface area contributed by atoms with E-state index in [1.54, 1.807) is 23.5 Å². The van der Waals surface area contributed by atoms with Crippen molar-refractivity contribution < 1.29 is 4.39 Å². The molecule has 0 spiro atoms. The molecule has 0 N–H and O–H groups in total. The Morgan fingerprint density at radius 2 is 1.76 bits per heavy atom. The van der Waals surface area contributed by atoms with Gasteiger partial charge in [-0.1, -0.05) is 0 Å². The molecule has 4 heterocycles. The van der Waals surface area contributed by atoms with Crippen molar-refractivity contribution in [2.75, 3.05) is 38.1 Å². The zero-order valence-electron chi connectivity index (χ0n) is 16.0. The standard InChI is InChI=1S/C21H20FN5S.ClH/c1-25-7-9-26(10-8-25)20-12-18(16-6-11-28-14-16)21-23-19(13-27(21)24-20)15-2-4-17(22)5-3-15;/h2-6,11-14H,7-10H2,1H3;1H. The van der Waals surface area contributed by atoms with Gasteiger partial charge in [-0.15, -0.1) is 17.5 Å². The number of likely N-dealkylation sites (N-methyl/N-ethyl adjacent to an activating group) is 1. The Morgan fingerprint density at radius 1 is 1.00 bits per heavy atom. The smallest absolute Gasteiger partial charge is 0.162 e. The van der Waals surface area contributed by atoms with Crippen LogP contribution in [0.2, 0.25) is 0 Å². The minimum Gasteiger partial charge on any atom is -0.353 e. The summed E-state index contributed by atoms with van der Waals surface area (Å²) in [5.74, 6) is 0.715. The van der Waals surface area contributed by atoms with Crippen LogP contribution < -0.4 is 4.90 Å². The molecule has 8 heteroatoms. The molecule has 1 fully saturated rings. The van der Waals surface area contributed by atoms with E-state index in [-0.39, 0.29) is 18.2 Å². The number of thiophene rings is 1. The molecule has 5 nitrogen and oxygen atoms in total. The Bertz CT molecular complexity index is 1100. The quantitative estimate of drug-likeness (QED) is 0.482. The third kappa shape index (κ3) is 3.85. The molecule has 0 aliphatic carbocycles. The fourth-order valence-electron chi connectivity index (χ4n) is 3.54. The molecular formula is C21H21ClFN5S. The Hall–Kier alpha value is -2.48. The van der Waals surface area contributed by atoms with E-state index in [0.29, 0.717) is 0 Å². The van der Waals surface area contributed by atoms with Crippen molar-refractivity contribution >= 4 is 35.2 Å². The molecule has 29 heavy (non-hydrogen) atoms. The first-order valence-electron chi connectivity index (χ1n) is 9.30. The van der Waals surface area contributed by atoms with Crippen LogP contribution in [0.4, 0.5) is 10.2 Å². The number of nitrogens with zero attached hydrogens (tertiary/aromatic N) is 5. The summed E-state index contributed by atoms with van der Waals surface area (Å²) in [5, 5.41) is 9.06. The zero-order chi connectivity index (χ0) is 19.1. The van der Waals surface area contributed by atoms with Crippen LogP contribution in [0.15, 0.2) is 53.4 Å². The SMILES string of the molecule is CN1CCN(c2cc(-c3ccsc3)c3nc(-c4ccc(F)cc4)cn3n2)CC1.Cl. The number of hydrogen-bond donors (Lipinski definition) is 0. The molecule has 0 atom stereocenters. The number of rotatable bonds is 3. The molecule has 4 aromatic rings. The maximum absolute atomic E-state index is 13.3. The van der Waals surface area contributed by atoms with Gasteiger partial charge in [-0.05, 0) is 59.8 Å². The van der Waals surface area contributed by atoms with Gasteiger partial charge in [0.05, 0.1) is 11.9 Å². The number of piperazine rings is 1. The number of imidazole rings is 1. The molecule has 0 unspecified atom stereocenters. The van der Waals surface area contributed by atoms with Gasteiger partial charge in [0.2, 0.25) is 0 Å². The van der Waals surface area contributed by atoms with E-state index in [4.69, 9.17) is 10.1 Å². The Labute approximate surface area is 178 Å². The highest BCUT2D eigenvalue weighted by Crippen LogP contribution is 2.31. The summed E-state index contributed by atoms with van der Waals surface area (Å²) in [6.07, 6.45) is 1.93. The van der Waals surface area contributed by atoms with Gasteiger partial charge in [-0.2, -0.15) is 11.3 Å². The molecule has 1 aliphatic rings. The highest BCUT2D eigenvalue weighted by molar-refractivity contribution is 7.08. The molecule has 0 radical (unpaired) electrons. The topological polar surface area (TPSA) is 36.7 Å². The second-order valence-electron chi connectivity index (χ2n) is 7.12. The number of benzene rings is 1. The second kappa shape index (κ2) is 8.10. The largest absolute Gasteiger partial charge is 0.353 e. The van der Waals surface area contributed by atoms with Crippen molar-refractivity contribution in [2.45, 2.75) is 0 Å². The van der Waals surface area contributed by atoms with E-state index in [1.165, 1.54) is 12.1 Å². The van der Waals surface area contributed by atoms with Gasteiger partial charge < -0.3 is 9.80 Å². The van der Waals surface area contributed by atoms with Crippen molar-refractivity contribution in [3.63, 3.8) is 0 Å². The average molecular weight is 430 g/mol. The molecule has 0 bridgehead atoms. The van der Waals surface area contributed by atoms with Crippen molar-refractivity contribution in [3.05, 3.63) is 59.2 Å². The van der Waals surface area contributed by atoms with Crippen LogP contribution in [0.3, 0.4) is 0 Å². The highest BCUT2D eigenvalue weighted by atomic mass is 35.5. The lowest BCUT2D eigenvalue weighted by molar-refractivity contribution is 0.311. The number of aromatic nitrogens is 3. The lowest BCUT2D eigenvalue weighted by Gasteiger charge is -2.33. The van der Waals surface area contributed by atoms with E-state index in [0.717, 1.165) is 60.0 Å². The van der Waals surface area contributed by atoms with Crippen molar-refractivity contribution in [1.82, 2.24) is 19.5 Å². The fourth-order valence-corrected chi connectivity index (χ4v) is 4.20. The lowest BCUT2D eigenvalue weighted by Crippen LogP contribution is -2.45. The fraction of sp³-hybridized carbons (Fsp3) is 0.238. The molecule has 5 rings (SSSR count). The number of anilines is 1. The van der Waals surface area contributed by atoms with Gasteiger partial charge in [-0.3, -0.25) is 0 Å². The molecule has 0 amide bonds. The van der Waals surface area contributed by atoms with Crippen LogP contribution >= 0.6 is 23.7 Å². The lowest BCUT2D eigenvalue weighted by atomic mass is 10.1. The van der Waals surface area contributed by atoms with E-state index in [9.17, 15) is 4.39 Å².